The molecule has 0 saturated carbocycles. The molecule has 11 rings (SSSR count). The number of hydrogen-bond acceptors (Lipinski definition) is 1. The largest absolute Gasteiger partial charge is 0.456 e. The first-order valence-corrected chi connectivity index (χ1v) is 15.2. The molecular weight excluding hydrogens is 617 g/mol. The van der Waals surface area contributed by atoms with Gasteiger partial charge >= 0.3 is 0 Å². The highest BCUT2D eigenvalue weighted by molar-refractivity contribution is 6.25. The molecule has 1 heteroatoms. The van der Waals surface area contributed by atoms with Crippen LogP contribution in [0.15, 0.2) is 186 Å². The summed E-state index contributed by atoms with van der Waals surface area (Å²) in [6, 6.07) is -28.3. The summed E-state index contributed by atoms with van der Waals surface area (Å²) in [5.74, 6) is 0. The van der Waals surface area contributed by atoms with E-state index in [9.17, 15) is 17.8 Å². The summed E-state index contributed by atoms with van der Waals surface area (Å²) >= 11 is 0. The van der Waals surface area contributed by atoms with Gasteiger partial charge in [-0.3, -0.25) is 0 Å². The minimum absolute atomic E-state index is 0.471. The Morgan fingerprint density at radius 2 is 0.804 bits per heavy atom. The van der Waals surface area contributed by atoms with Crippen LogP contribution in [0.1, 0.15) is 41.1 Å². The average Bonchev–Trinajstić information content (AvgIpc) is 4.09. The van der Waals surface area contributed by atoms with Gasteiger partial charge in [-0.15, -0.1) is 0 Å². The highest BCUT2D eigenvalue weighted by Gasteiger charge is 2.20. The Kier molecular flexibility index (Phi) is 2.50. The van der Waals surface area contributed by atoms with Gasteiger partial charge in [0.1, 0.15) is 11.2 Å². The van der Waals surface area contributed by atoms with Crippen LogP contribution in [0.5, 0.6) is 0 Å². The average molecular weight is 677 g/mol. The van der Waals surface area contributed by atoms with Crippen LogP contribution in [-0.4, -0.2) is 0 Å². The van der Waals surface area contributed by atoms with Crippen LogP contribution in [0.25, 0.3) is 109 Å². The van der Waals surface area contributed by atoms with E-state index in [1.165, 1.54) is 0 Å². The highest BCUT2D eigenvalue weighted by atomic mass is 16.3. The zero-order valence-corrected chi connectivity index (χ0v) is 25.4. The highest BCUT2D eigenvalue weighted by Crippen LogP contribution is 2.47. The number of hydrogen-bond donors (Lipinski definition) is 0. The van der Waals surface area contributed by atoms with Gasteiger partial charge in [0.2, 0.25) is 0 Å². The van der Waals surface area contributed by atoms with Crippen LogP contribution in [0, 0.1) is 0 Å². The maximum Gasteiger partial charge on any atom is 0.136 e. The molecule has 0 aliphatic heterocycles. The molecule has 0 spiro atoms. The van der Waals surface area contributed by atoms with E-state index in [1.807, 2.05) is 0 Å². The van der Waals surface area contributed by atoms with Crippen molar-refractivity contribution in [1.29, 1.82) is 0 Å². The third-order valence-electron chi connectivity index (χ3n) is 8.57. The van der Waals surface area contributed by atoms with Gasteiger partial charge in [0.15, 0.2) is 0 Å². The Morgan fingerprint density at radius 3 is 1.47 bits per heavy atom. The summed E-state index contributed by atoms with van der Waals surface area (Å²) in [5, 5.41) is -8.05. The summed E-state index contributed by atoms with van der Waals surface area (Å²) in [6.45, 7) is 0. The molecule has 0 fully saturated rings. The number of fused-ring (bicyclic) bond motifs is 8. The summed E-state index contributed by atoms with van der Waals surface area (Å²) in [6.07, 6.45) is 0. The van der Waals surface area contributed by atoms with Gasteiger partial charge in [-0.1, -0.05) is 157 Å². The van der Waals surface area contributed by atoms with Crippen LogP contribution < -0.4 is 0 Å². The molecular formula is C50H30O. The second kappa shape index (κ2) is 10.9. The molecule has 0 amide bonds. The quantitative estimate of drug-likeness (QED) is 0.170. The van der Waals surface area contributed by atoms with E-state index in [1.54, 1.807) is 0 Å². The molecule has 11 aromatic rings. The number of furan rings is 1. The Morgan fingerprint density at radius 1 is 0.314 bits per heavy atom. The second-order valence-corrected chi connectivity index (χ2v) is 11.3. The van der Waals surface area contributed by atoms with Crippen molar-refractivity contribution in [2.24, 2.45) is 0 Å². The van der Waals surface area contributed by atoms with Crippen molar-refractivity contribution >= 4 is 75.8 Å². The molecule has 0 aliphatic rings. The van der Waals surface area contributed by atoms with Crippen molar-refractivity contribution in [3.8, 4) is 33.4 Å². The Hall–Kier alpha value is -6.70. The van der Waals surface area contributed by atoms with Crippen molar-refractivity contribution < 1.29 is 45.5 Å². The van der Waals surface area contributed by atoms with E-state index >= 15 is 0 Å². The molecule has 1 heterocycles. The predicted molar refractivity (Wildman–Crippen MR) is 218 cm³/mol. The lowest BCUT2D eigenvalue weighted by atomic mass is 9.83. The van der Waals surface area contributed by atoms with E-state index in [-0.39, 0.29) is 0 Å². The summed E-state index contributed by atoms with van der Waals surface area (Å²) < 4.78 is 279. The van der Waals surface area contributed by atoms with Gasteiger partial charge in [0, 0.05) is 10.8 Å². The van der Waals surface area contributed by atoms with Crippen molar-refractivity contribution in [1.82, 2.24) is 0 Å². The molecule has 1 nitrogen and oxygen atoms in total. The van der Waals surface area contributed by atoms with Crippen molar-refractivity contribution in [3.05, 3.63) is 181 Å². The molecule has 10 aromatic carbocycles. The fourth-order valence-electron chi connectivity index (χ4n) is 6.45. The molecule has 0 radical (unpaired) electrons. The molecule has 236 valence electrons. The van der Waals surface area contributed by atoms with E-state index in [2.05, 4.69) is 0 Å². The van der Waals surface area contributed by atoms with Crippen molar-refractivity contribution in [2.45, 2.75) is 0 Å². The van der Waals surface area contributed by atoms with Gasteiger partial charge in [-0.2, -0.15) is 0 Å². The van der Waals surface area contributed by atoms with Crippen LogP contribution >= 0.6 is 0 Å². The standard InChI is InChI=1S/C50H30O/c1-2-14-33-30-47-45(29-32(33)13-1)50-38(22-11-25-46(50)51-47)35-26-27-37-34(28-35)16-10-24-40(37)49-43-20-7-5-18-41(43)48(42-19-6-8-21-44(42)49)39-23-9-15-31-12-3-4-17-36(31)39/h1-30H/i1D,2D,3D,4D,5D,6D,7D,8D,9D,10D,11D,12D,13D,14D,15D,16D,17D,18D,19D,20D,21D,22D,23D,24D,25D,26D,27D,28D,29D,30D. The zero-order chi connectivity index (χ0) is 59.6. The summed E-state index contributed by atoms with van der Waals surface area (Å²) in [7, 11) is 0. The minimum Gasteiger partial charge on any atom is -0.456 e. The van der Waals surface area contributed by atoms with Crippen LogP contribution in [0.3, 0.4) is 0 Å². The molecule has 0 atom stereocenters. The lowest BCUT2D eigenvalue weighted by Crippen LogP contribution is -1.92. The van der Waals surface area contributed by atoms with Crippen LogP contribution in [0.2, 0.25) is 0 Å². The zero-order valence-electron chi connectivity index (χ0n) is 55.4. The molecule has 51 heavy (non-hydrogen) atoms. The summed E-state index contributed by atoms with van der Waals surface area (Å²) in [5.41, 5.74) is -5.84. The maximum absolute atomic E-state index is 9.90. The monoisotopic (exact) mass is 676 g/mol. The Balaban J connectivity index is 1.41. The van der Waals surface area contributed by atoms with Gasteiger partial charge in [0.25, 0.3) is 0 Å². The van der Waals surface area contributed by atoms with Gasteiger partial charge < -0.3 is 4.42 Å². The summed E-state index contributed by atoms with van der Waals surface area (Å²) in [4.78, 5) is 0. The van der Waals surface area contributed by atoms with Gasteiger partial charge in [0.05, 0.1) is 41.1 Å². The molecule has 0 saturated heterocycles. The van der Waals surface area contributed by atoms with Gasteiger partial charge in [-0.05, 0) is 111 Å². The third kappa shape index (κ3) is 4.22. The van der Waals surface area contributed by atoms with Crippen LogP contribution in [0.4, 0.5) is 0 Å². The third-order valence-corrected chi connectivity index (χ3v) is 8.57. The first-order chi connectivity index (χ1) is 37.8. The minimum atomic E-state index is -1.10. The molecule has 1 aromatic heterocycles. The first-order valence-electron chi connectivity index (χ1n) is 30.2. The smallest absolute Gasteiger partial charge is 0.136 e. The molecule has 0 bridgehead atoms. The SMILES string of the molecule is [2H]c1c([2H])c(-c2c([2H])c([2H])c3c(-c4c5c([2H])c([2H])c([2H])c([2H])c5c(-c5c([2H])c([2H])c([2H])c6c([2H])c([2H])c([2H])c([2H])c56)c5c([2H])c([2H])c([2H])c([2H])c45)c([2H])c([2H])c([2H])c3c2[2H])c2c(oc3c([2H])c4c([2H])c([2H])c([2H])c([2H])c4c([2H])c32)c1[2H]. The van der Waals surface area contributed by atoms with E-state index in [0.29, 0.717) is 0 Å². The van der Waals surface area contributed by atoms with E-state index in [4.69, 9.17) is 27.7 Å². The first kappa shape index (κ1) is 11.7. The van der Waals surface area contributed by atoms with E-state index < -0.39 is 290 Å². The van der Waals surface area contributed by atoms with Gasteiger partial charge in [-0.25, -0.2) is 0 Å². The molecule has 0 unspecified atom stereocenters. The Bertz CT molecular complexity index is 4840. The molecule has 0 N–H and O–H groups in total. The molecule has 0 aliphatic carbocycles. The maximum atomic E-state index is 9.90. The number of benzene rings is 10. The lowest BCUT2D eigenvalue weighted by molar-refractivity contribution is 0.669. The normalized spacial score (nSPS) is 20.2. The number of rotatable bonds is 3. The fraction of sp³-hybridized carbons (Fsp3) is 0. The van der Waals surface area contributed by atoms with Crippen LogP contribution in [-0.2, 0) is 0 Å². The second-order valence-electron chi connectivity index (χ2n) is 11.3. The predicted octanol–water partition coefficient (Wildman–Crippen LogP) is 14.4. The van der Waals surface area contributed by atoms with Crippen molar-refractivity contribution in [3.63, 3.8) is 0 Å². The van der Waals surface area contributed by atoms with E-state index in [0.717, 1.165) is 0 Å². The Labute approximate surface area is 336 Å². The lowest BCUT2D eigenvalue weighted by Gasteiger charge is -2.20. The van der Waals surface area contributed by atoms with Crippen molar-refractivity contribution in [2.75, 3.05) is 0 Å². The fourth-order valence-corrected chi connectivity index (χ4v) is 6.45. The topological polar surface area (TPSA) is 13.1 Å².